The van der Waals surface area contributed by atoms with Crippen LogP contribution in [0.25, 0.3) is 0 Å². The van der Waals surface area contributed by atoms with Crippen molar-refractivity contribution in [2.75, 3.05) is 13.2 Å². The molecule has 0 spiro atoms. The van der Waals surface area contributed by atoms with E-state index in [-0.39, 0.29) is 6.61 Å². The summed E-state index contributed by atoms with van der Waals surface area (Å²) < 4.78 is 16.3. The van der Waals surface area contributed by atoms with E-state index in [1.54, 1.807) is 48.5 Å². The fourth-order valence-electron chi connectivity index (χ4n) is 2.54. The monoisotopic (exact) mass is 394 g/mol. The summed E-state index contributed by atoms with van der Waals surface area (Å²) in [5, 5.41) is 1.08. The molecule has 0 radical (unpaired) electrons. The van der Waals surface area contributed by atoms with Crippen molar-refractivity contribution in [3.05, 3.63) is 69.7 Å². The number of ether oxygens (including phenoxy) is 3. The molecule has 2 atom stereocenters. The lowest BCUT2D eigenvalue weighted by Gasteiger charge is -2.19. The SMILES string of the molecule is O=C(OCC1OCCC1OC(=O)c1ccc(Cl)cc1)c1ccc(Cl)cc1. The number of carbonyl (C=O) groups is 2. The Balaban J connectivity index is 1.54. The lowest BCUT2D eigenvalue weighted by Crippen LogP contribution is -2.32. The van der Waals surface area contributed by atoms with Gasteiger partial charge >= 0.3 is 11.9 Å². The van der Waals surface area contributed by atoms with Crippen LogP contribution in [-0.2, 0) is 14.2 Å². The molecule has 0 N–H and O–H groups in total. The molecule has 1 heterocycles. The second-order valence-corrected chi connectivity index (χ2v) is 6.63. The maximum Gasteiger partial charge on any atom is 0.338 e. The standard InChI is InChI=1S/C19H16Cl2O5/c20-14-5-1-12(2-6-14)18(22)25-11-17-16(9-10-24-17)26-19(23)13-3-7-15(21)8-4-13/h1-8,16-17H,9-11H2. The van der Waals surface area contributed by atoms with E-state index in [0.29, 0.717) is 34.2 Å². The van der Waals surface area contributed by atoms with Crippen molar-refractivity contribution >= 4 is 35.1 Å². The zero-order valence-corrected chi connectivity index (χ0v) is 15.2. The van der Waals surface area contributed by atoms with Crippen molar-refractivity contribution in [3.8, 4) is 0 Å². The number of hydrogen-bond donors (Lipinski definition) is 0. The highest BCUT2D eigenvalue weighted by Crippen LogP contribution is 2.20. The van der Waals surface area contributed by atoms with Crippen LogP contribution in [-0.4, -0.2) is 37.4 Å². The summed E-state index contributed by atoms with van der Waals surface area (Å²) in [5.41, 5.74) is 0.792. The molecule has 136 valence electrons. The average molecular weight is 395 g/mol. The molecule has 1 aliphatic rings. The highest BCUT2D eigenvalue weighted by molar-refractivity contribution is 6.30. The molecule has 5 nitrogen and oxygen atoms in total. The van der Waals surface area contributed by atoms with Crippen LogP contribution in [0.2, 0.25) is 10.0 Å². The largest absolute Gasteiger partial charge is 0.459 e. The third-order valence-electron chi connectivity index (χ3n) is 3.95. The van der Waals surface area contributed by atoms with Crippen LogP contribution >= 0.6 is 23.2 Å². The molecule has 3 rings (SSSR count). The third kappa shape index (κ3) is 4.75. The Morgan fingerprint density at radius 2 is 1.46 bits per heavy atom. The van der Waals surface area contributed by atoms with Crippen molar-refractivity contribution < 1.29 is 23.8 Å². The van der Waals surface area contributed by atoms with Gasteiger partial charge in [-0.25, -0.2) is 9.59 Å². The molecule has 1 aliphatic heterocycles. The summed E-state index contributed by atoms with van der Waals surface area (Å²) >= 11 is 11.6. The fourth-order valence-corrected chi connectivity index (χ4v) is 2.79. The van der Waals surface area contributed by atoms with Gasteiger partial charge < -0.3 is 14.2 Å². The van der Waals surface area contributed by atoms with E-state index in [9.17, 15) is 9.59 Å². The first-order valence-corrected chi connectivity index (χ1v) is 8.79. The molecular weight excluding hydrogens is 379 g/mol. The van der Waals surface area contributed by atoms with Crippen LogP contribution in [0.5, 0.6) is 0 Å². The van der Waals surface area contributed by atoms with Gasteiger partial charge in [-0.2, -0.15) is 0 Å². The molecule has 0 bridgehead atoms. The van der Waals surface area contributed by atoms with Gasteiger partial charge in [-0.15, -0.1) is 0 Å². The highest BCUT2D eigenvalue weighted by Gasteiger charge is 2.33. The predicted octanol–water partition coefficient (Wildman–Crippen LogP) is 4.16. The van der Waals surface area contributed by atoms with E-state index in [1.165, 1.54) is 0 Å². The van der Waals surface area contributed by atoms with Crippen molar-refractivity contribution in [1.29, 1.82) is 0 Å². The molecule has 2 unspecified atom stereocenters. The van der Waals surface area contributed by atoms with E-state index >= 15 is 0 Å². The first-order valence-electron chi connectivity index (χ1n) is 8.04. The first kappa shape index (κ1) is 18.7. The van der Waals surface area contributed by atoms with Gasteiger partial charge in [0.25, 0.3) is 0 Å². The molecule has 26 heavy (non-hydrogen) atoms. The van der Waals surface area contributed by atoms with Gasteiger partial charge in [-0.3, -0.25) is 0 Å². The molecule has 7 heteroatoms. The average Bonchev–Trinajstić information content (AvgIpc) is 3.08. The Kier molecular flexibility index (Phi) is 6.14. The summed E-state index contributed by atoms with van der Waals surface area (Å²) in [5.74, 6) is -0.953. The molecule has 1 saturated heterocycles. The first-order chi connectivity index (χ1) is 12.5. The number of esters is 2. The molecule has 1 fully saturated rings. The van der Waals surface area contributed by atoms with E-state index in [1.807, 2.05) is 0 Å². The Morgan fingerprint density at radius 3 is 2.04 bits per heavy atom. The molecule has 0 saturated carbocycles. The molecular formula is C19H16Cl2O5. The van der Waals surface area contributed by atoms with E-state index < -0.39 is 24.1 Å². The number of benzene rings is 2. The third-order valence-corrected chi connectivity index (χ3v) is 4.45. The number of hydrogen-bond acceptors (Lipinski definition) is 5. The molecule has 0 aliphatic carbocycles. The quantitative estimate of drug-likeness (QED) is 0.712. The summed E-state index contributed by atoms with van der Waals surface area (Å²) in [6, 6.07) is 12.8. The second-order valence-electron chi connectivity index (χ2n) is 5.75. The summed E-state index contributed by atoms with van der Waals surface area (Å²) in [6.45, 7) is 0.432. The zero-order chi connectivity index (χ0) is 18.5. The Labute approximate surface area is 160 Å². The Hall–Kier alpha value is -2.08. The number of carbonyl (C=O) groups excluding carboxylic acids is 2. The van der Waals surface area contributed by atoms with Crippen LogP contribution in [0.1, 0.15) is 27.1 Å². The summed E-state index contributed by atoms with van der Waals surface area (Å²) in [6.07, 6.45) is -0.429. The van der Waals surface area contributed by atoms with Gasteiger partial charge in [0.2, 0.25) is 0 Å². The van der Waals surface area contributed by atoms with Crippen LogP contribution in [0.3, 0.4) is 0 Å². The second kappa shape index (κ2) is 8.54. The van der Waals surface area contributed by atoms with Crippen molar-refractivity contribution in [1.82, 2.24) is 0 Å². The van der Waals surface area contributed by atoms with Gasteiger partial charge in [0.15, 0.2) is 0 Å². The lowest BCUT2D eigenvalue weighted by molar-refractivity contribution is -0.0282. The lowest BCUT2D eigenvalue weighted by atomic mass is 10.2. The van der Waals surface area contributed by atoms with Gasteiger partial charge in [-0.1, -0.05) is 23.2 Å². The van der Waals surface area contributed by atoms with Gasteiger partial charge in [0.1, 0.15) is 18.8 Å². The predicted molar refractivity (Wildman–Crippen MR) is 96.7 cm³/mol. The van der Waals surface area contributed by atoms with Crippen molar-refractivity contribution in [3.63, 3.8) is 0 Å². The minimum absolute atomic E-state index is 0.0000241. The fraction of sp³-hybridized carbons (Fsp3) is 0.263. The minimum Gasteiger partial charge on any atom is -0.459 e. The Morgan fingerprint density at radius 1 is 0.923 bits per heavy atom. The number of rotatable bonds is 5. The molecule has 0 amide bonds. The summed E-state index contributed by atoms with van der Waals surface area (Å²) in [7, 11) is 0. The van der Waals surface area contributed by atoms with Crippen LogP contribution < -0.4 is 0 Å². The molecule has 2 aromatic carbocycles. The van der Waals surface area contributed by atoms with E-state index in [2.05, 4.69) is 0 Å². The van der Waals surface area contributed by atoms with Gasteiger partial charge in [0, 0.05) is 16.5 Å². The Bertz CT molecular complexity index is 774. The highest BCUT2D eigenvalue weighted by atomic mass is 35.5. The number of halogens is 2. The minimum atomic E-state index is -0.498. The van der Waals surface area contributed by atoms with E-state index in [0.717, 1.165) is 0 Å². The van der Waals surface area contributed by atoms with E-state index in [4.69, 9.17) is 37.4 Å². The van der Waals surface area contributed by atoms with Crippen LogP contribution in [0.15, 0.2) is 48.5 Å². The topological polar surface area (TPSA) is 61.8 Å². The van der Waals surface area contributed by atoms with Crippen LogP contribution in [0, 0.1) is 0 Å². The normalized spacial score (nSPS) is 19.2. The zero-order valence-electron chi connectivity index (χ0n) is 13.7. The maximum atomic E-state index is 12.2. The molecule has 0 aromatic heterocycles. The smallest absolute Gasteiger partial charge is 0.338 e. The molecule has 2 aromatic rings. The maximum absolute atomic E-state index is 12.2. The van der Waals surface area contributed by atoms with Crippen molar-refractivity contribution in [2.45, 2.75) is 18.6 Å². The summed E-state index contributed by atoms with van der Waals surface area (Å²) in [4.78, 5) is 24.3. The van der Waals surface area contributed by atoms with Gasteiger partial charge in [-0.05, 0) is 48.5 Å². The van der Waals surface area contributed by atoms with Gasteiger partial charge in [0.05, 0.1) is 17.7 Å². The van der Waals surface area contributed by atoms with Crippen molar-refractivity contribution in [2.24, 2.45) is 0 Å². The van der Waals surface area contributed by atoms with Crippen LogP contribution in [0.4, 0.5) is 0 Å².